The van der Waals surface area contributed by atoms with E-state index in [2.05, 4.69) is 39.8 Å². The van der Waals surface area contributed by atoms with Crippen LogP contribution in [0.1, 0.15) is 304 Å². The number of allylic oxidation sites excluding steroid dienone is 2. The highest BCUT2D eigenvalue weighted by Crippen LogP contribution is 2.18. The van der Waals surface area contributed by atoms with Crippen LogP contribution in [0, 0.1) is 5.92 Å². The lowest BCUT2D eigenvalue weighted by Crippen LogP contribution is -2.29. The third-order valence-electron chi connectivity index (χ3n) is 12.2. The van der Waals surface area contributed by atoms with Gasteiger partial charge in [0.25, 0.3) is 0 Å². The van der Waals surface area contributed by atoms with Crippen molar-refractivity contribution in [2.24, 2.45) is 5.92 Å². The summed E-state index contributed by atoms with van der Waals surface area (Å²) in [5.41, 5.74) is 0. The van der Waals surface area contributed by atoms with E-state index in [4.69, 9.17) is 9.47 Å². The highest BCUT2D eigenvalue weighted by atomic mass is 16.6. The largest absolute Gasteiger partial charge is 0.463 e. The first-order valence-corrected chi connectivity index (χ1v) is 26.5. The topological polar surface area (TPSA) is 52.6 Å². The maximum Gasteiger partial charge on any atom is 0.347 e. The van der Waals surface area contributed by atoms with Crippen molar-refractivity contribution < 1.29 is 19.1 Å². The number of esters is 2. The SMILES string of the molecule is CCCCCCCC/C=C\CCCCCCCC(=O)OC(CCCCCCCCCCCCCCCC)C(=O)OCCCCCCCCCCCCCCCC(C)C. The molecule has 344 valence electrons. The lowest BCUT2D eigenvalue weighted by atomic mass is 10.0. The van der Waals surface area contributed by atoms with Crippen LogP contribution < -0.4 is 0 Å². The van der Waals surface area contributed by atoms with Gasteiger partial charge in [-0.25, -0.2) is 4.79 Å². The summed E-state index contributed by atoms with van der Waals surface area (Å²) in [5, 5.41) is 0. The first kappa shape index (κ1) is 56.7. The molecular weight excluding hydrogens is 713 g/mol. The molecule has 0 rings (SSSR count). The van der Waals surface area contributed by atoms with Crippen LogP contribution >= 0.6 is 0 Å². The van der Waals surface area contributed by atoms with Crippen LogP contribution in [0.25, 0.3) is 0 Å². The maximum atomic E-state index is 13.1. The van der Waals surface area contributed by atoms with Crippen LogP contribution in [-0.4, -0.2) is 24.6 Å². The predicted octanol–water partition coefficient (Wildman–Crippen LogP) is 18.5. The Morgan fingerprint density at radius 2 is 0.724 bits per heavy atom. The molecule has 0 aromatic rings. The Hall–Kier alpha value is -1.32. The number of ether oxygens (including phenoxy) is 2. The zero-order valence-electron chi connectivity index (χ0n) is 40.1. The third-order valence-corrected chi connectivity index (χ3v) is 12.2. The maximum absolute atomic E-state index is 13.1. The monoisotopic (exact) mass is 817 g/mol. The molecule has 58 heavy (non-hydrogen) atoms. The Labute approximate surface area is 364 Å². The van der Waals surface area contributed by atoms with Gasteiger partial charge in [-0.1, -0.05) is 258 Å². The van der Waals surface area contributed by atoms with Gasteiger partial charge < -0.3 is 9.47 Å². The highest BCUT2D eigenvalue weighted by Gasteiger charge is 2.24. The Morgan fingerprint density at radius 1 is 0.397 bits per heavy atom. The number of hydrogen-bond donors (Lipinski definition) is 0. The van der Waals surface area contributed by atoms with Crippen molar-refractivity contribution >= 4 is 11.9 Å². The fourth-order valence-electron chi connectivity index (χ4n) is 8.17. The summed E-state index contributed by atoms with van der Waals surface area (Å²) in [5.74, 6) is 0.295. The zero-order valence-corrected chi connectivity index (χ0v) is 40.1. The average molecular weight is 817 g/mol. The molecule has 0 saturated heterocycles. The van der Waals surface area contributed by atoms with Crippen molar-refractivity contribution in [1.29, 1.82) is 0 Å². The molecule has 0 N–H and O–H groups in total. The van der Waals surface area contributed by atoms with E-state index in [1.807, 2.05) is 0 Å². The summed E-state index contributed by atoms with van der Waals surface area (Å²) in [6, 6.07) is 0. The van der Waals surface area contributed by atoms with Crippen molar-refractivity contribution in [2.75, 3.05) is 6.61 Å². The van der Waals surface area contributed by atoms with Crippen molar-refractivity contribution in [3.8, 4) is 0 Å². The second-order valence-corrected chi connectivity index (χ2v) is 18.6. The molecule has 0 aliphatic heterocycles. The minimum Gasteiger partial charge on any atom is -0.463 e. The fourth-order valence-corrected chi connectivity index (χ4v) is 8.17. The second kappa shape index (κ2) is 48.3. The highest BCUT2D eigenvalue weighted by molar-refractivity contribution is 5.79. The zero-order chi connectivity index (χ0) is 42.3. The van der Waals surface area contributed by atoms with Gasteiger partial charge in [0.2, 0.25) is 0 Å². The van der Waals surface area contributed by atoms with Crippen molar-refractivity contribution in [3.63, 3.8) is 0 Å². The summed E-state index contributed by atoms with van der Waals surface area (Å²) < 4.78 is 11.5. The summed E-state index contributed by atoms with van der Waals surface area (Å²) in [6.45, 7) is 9.65. The number of rotatable bonds is 48. The molecule has 4 heteroatoms. The molecule has 1 atom stereocenters. The Bertz CT molecular complexity index is 850. The van der Waals surface area contributed by atoms with Crippen molar-refractivity contribution in [2.45, 2.75) is 310 Å². The Kier molecular flexibility index (Phi) is 47.2. The lowest BCUT2D eigenvalue weighted by molar-refractivity contribution is -0.168. The summed E-state index contributed by atoms with van der Waals surface area (Å²) in [7, 11) is 0. The van der Waals surface area contributed by atoms with E-state index < -0.39 is 6.10 Å². The van der Waals surface area contributed by atoms with Crippen LogP contribution in [0.15, 0.2) is 12.2 Å². The molecule has 0 aromatic carbocycles. The number of carbonyl (C=O) groups is 2. The first-order chi connectivity index (χ1) is 28.5. The van der Waals surface area contributed by atoms with Crippen LogP contribution in [0.5, 0.6) is 0 Å². The molecule has 1 unspecified atom stereocenters. The lowest BCUT2D eigenvalue weighted by Gasteiger charge is -2.17. The molecule has 0 fully saturated rings. The number of carbonyl (C=O) groups excluding carboxylic acids is 2. The normalized spacial score (nSPS) is 12.2. The molecular formula is C54H104O4. The van der Waals surface area contributed by atoms with Gasteiger partial charge in [0.15, 0.2) is 6.10 Å². The molecule has 0 heterocycles. The van der Waals surface area contributed by atoms with E-state index in [-0.39, 0.29) is 11.9 Å². The van der Waals surface area contributed by atoms with Crippen LogP contribution in [0.3, 0.4) is 0 Å². The van der Waals surface area contributed by atoms with E-state index in [1.165, 1.54) is 218 Å². The van der Waals surface area contributed by atoms with Gasteiger partial charge in [-0.15, -0.1) is 0 Å². The third kappa shape index (κ3) is 45.8. The molecule has 0 bridgehead atoms. The molecule has 4 nitrogen and oxygen atoms in total. The van der Waals surface area contributed by atoms with Crippen LogP contribution in [-0.2, 0) is 19.1 Å². The summed E-state index contributed by atoms with van der Waals surface area (Å²) in [6.07, 6.45) is 57.6. The second-order valence-electron chi connectivity index (χ2n) is 18.6. The van der Waals surface area contributed by atoms with E-state index in [0.717, 1.165) is 50.9 Å². The van der Waals surface area contributed by atoms with Gasteiger partial charge in [-0.05, 0) is 57.3 Å². The molecule has 0 saturated carbocycles. The van der Waals surface area contributed by atoms with Gasteiger partial charge >= 0.3 is 11.9 Å². The molecule has 0 aromatic heterocycles. The minimum absolute atomic E-state index is 0.230. The number of unbranched alkanes of at least 4 members (excludes halogenated alkanes) is 36. The molecule has 0 aliphatic rings. The average Bonchev–Trinajstić information content (AvgIpc) is 3.21. The van der Waals surface area contributed by atoms with Crippen molar-refractivity contribution in [1.82, 2.24) is 0 Å². The van der Waals surface area contributed by atoms with Crippen LogP contribution in [0.4, 0.5) is 0 Å². The molecule has 0 amide bonds. The van der Waals surface area contributed by atoms with Gasteiger partial charge in [0.1, 0.15) is 0 Å². The number of hydrogen-bond acceptors (Lipinski definition) is 4. The van der Waals surface area contributed by atoms with Gasteiger partial charge in [-0.3, -0.25) is 4.79 Å². The molecule has 0 spiro atoms. The summed E-state index contributed by atoms with van der Waals surface area (Å²) in [4.78, 5) is 25.9. The van der Waals surface area contributed by atoms with E-state index >= 15 is 0 Å². The minimum atomic E-state index is -0.743. The molecule has 0 radical (unpaired) electrons. The fraction of sp³-hybridized carbons (Fsp3) is 0.926. The smallest absolute Gasteiger partial charge is 0.347 e. The van der Waals surface area contributed by atoms with E-state index in [0.29, 0.717) is 19.4 Å². The standard InChI is InChI=1S/C54H104O4/c1-5-7-9-11-13-15-17-19-21-25-29-33-37-41-45-49-53(55)58-52(48-44-40-36-32-28-24-20-18-16-14-12-10-8-6-2)54(56)57-50-46-42-38-34-30-26-22-23-27-31-35-39-43-47-51(3)4/h19,21,51-52H,5-18,20,22-50H2,1-4H3/b21-19-. The van der Waals surface area contributed by atoms with Crippen LogP contribution in [0.2, 0.25) is 0 Å². The van der Waals surface area contributed by atoms with Gasteiger partial charge in [0.05, 0.1) is 6.61 Å². The summed E-state index contributed by atoms with van der Waals surface area (Å²) >= 11 is 0. The Balaban J connectivity index is 4.23. The van der Waals surface area contributed by atoms with Gasteiger partial charge in [-0.2, -0.15) is 0 Å². The first-order valence-electron chi connectivity index (χ1n) is 26.5. The Morgan fingerprint density at radius 3 is 1.12 bits per heavy atom. The van der Waals surface area contributed by atoms with E-state index in [9.17, 15) is 9.59 Å². The predicted molar refractivity (Wildman–Crippen MR) is 255 cm³/mol. The van der Waals surface area contributed by atoms with E-state index in [1.54, 1.807) is 0 Å². The quantitative estimate of drug-likeness (QED) is 0.0349. The van der Waals surface area contributed by atoms with Gasteiger partial charge in [0, 0.05) is 6.42 Å². The van der Waals surface area contributed by atoms with Crippen molar-refractivity contribution in [3.05, 3.63) is 12.2 Å². The molecule has 0 aliphatic carbocycles.